The van der Waals surface area contributed by atoms with E-state index in [1.807, 2.05) is 13.0 Å². The van der Waals surface area contributed by atoms with Crippen molar-refractivity contribution in [3.8, 4) is 0 Å². The van der Waals surface area contributed by atoms with Gasteiger partial charge >= 0.3 is 0 Å². The van der Waals surface area contributed by atoms with E-state index < -0.39 is 0 Å². The molecule has 0 heterocycles. The zero-order valence-corrected chi connectivity index (χ0v) is 11.9. The molecule has 0 aromatic heterocycles. The molecule has 1 N–H and O–H groups in total. The average Bonchev–Trinajstić information content (AvgIpc) is 2.47. The van der Waals surface area contributed by atoms with E-state index in [2.05, 4.69) is 62.4 Å². The molecule has 19 heavy (non-hydrogen) atoms. The Morgan fingerprint density at radius 3 is 1.95 bits per heavy atom. The van der Waals surface area contributed by atoms with E-state index in [1.54, 1.807) is 0 Å². The Hall–Kier alpha value is -1.60. The molecule has 1 unspecified atom stereocenters. The largest absolute Gasteiger partial charge is 0.396 e. The predicted molar refractivity (Wildman–Crippen MR) is 80.5 cm³/mol. The Morgan fingerprint density at radius 1 is 0.895 bits per heavy atom. The van der Waals surface area contributed by atoms with E-state index in [4.69, 9.17) is 0 Å². The molecule has 1 nitrogen and oxygen atoms in total. The van der Waals surface area contributed by atoms with Gasteiger partial charge in [0.1, 0.15) is 0 Å². The first-order chi connectivity index (χ1) is 9.05. The van der Waals surface area contributed by atoms with Crippen molar-refractivity contribution in [3.63, 3.8) is 0 Å². The molecule has 2 rings (SSSR count). The molecule has 0 saturated heterocycles. The van der Waals surface area contributed by atoms with Gasteiger partial charge in [-0.25, -0.2) is 0 Å². The monoisotopic (exact) mass is 254 g/mol. The van der Waals surface area contributed by atoms with Crippen LogP contribution in [0, 0.1) is 0 Å². The van der Waals surface area contributed by atoms with Gasteiger partial charge in [0.05, 0.1) is 0 Å². The topological polar surface area (TPSA) is 20.2 Å². The third-order valence-electron chi connectivity index (χ3n) is 3.97. The summed E-state index contributed by atoms with van der Waals surface area (Å²) < 4.78 is 0. The number of benzene rings is 2. The molecule has 2 aromatic rings. The van der Waals surface area contributed by atoms with Crippen molar-refractivity contribution in [2.75, 3.05) is 6.61 Å². The van der Waals surface area contributed by atoms with Crippen molar-refractivity contribution in [1.29, 1.82) is 0 Å². The summed E-state index contributed by atoms with van der Waals surface area (Å²) in [6.45, 7) is 6.72. The summed E-state index contributed by atoms with van der Waals surface area (Å²) in [6.07, 6.45) is 0. The summed E-state index contributed by atoms with van der Waals surface area (Å²) in [5.41, 5.74) is 3.81. The second-order valence-corrected chi connectivity index (χ2v) is 5.70. The number of hydrogen-bond acceptors (Lipinski definition) is 1. The van der Waals surface area contributed by atoms with E-state index in [-0.39, 0.29) is 17.9 Å². The van der Waals surface area contributed by atoms with Gasteiger partial charge in [-0.3, -0.25) is 0 Å². The maximum Gasteiger partial charge on any atom is 0.0497 e. The first kappa shape index (κ1) is 13.8. The van der Waals surface area contributed by atoms with Gasteiger partial charge in [0.2, 0.25) is 0 Å². The van der Waals surface area contributed by atoms with Crippen LogP contribution < -0.4 is 0 Å². The van der Waals surface area contributed by atoms with Gasteiger partial charge in [-0.15, -0.1) is 0 Å². The first-order valence-electron chi connectivity index (χ1n) is 6.82. The van der Waals surface area contributed by atoms with Crippen LogP contribution in [0.3, 0.4) is 0 Å². The standard InChI is InChI=1S/C18H22O/c1-14(13-19)15-9-11-17(12-10-15)18(2,3)16-7-5-4-6-8-16/h4-12,14,19H,13H2,1-3H3. The molecule has 0 radical (unpaired) electrons. The number of rotatable bonds is 4. The second-order valence-electron chi connectivity index (χ2n) is 5.70. The van der Waals surface area contributed by atoms with Crippen LogP contribution in [0.5, 0.6) is 0 Å². The van der Waals surface area contributed by atoms with E-state index in [9.17, 15) is 5.11 Å². The van der Waals surface area contributed by atoms with Crippen molar-refractivity contribution >= 4 is 0 Å². The average molecular weight is 254 g/mol. The minimum absolute atomic E-state index is 0.00222. The Bertz CT molecular complexity index is 511. The zero-order chi connectivity index (χ0) is 13.9. The Morgan fingerprint density at radius 2 is 1.42 bits per heavy atom. The fraction of sp³-hybridized carbons (Fsp3) is 0.333. The van der Waals surface area contributed by atoms with Crippen LogP contribution >= 0.6 is 0 Å². The lowest BCUT2D eigenvalue weighted by atomic mass is 9.78. The van der Waals surface area contributed by atoms with Crippen molar-refractivity contribution in [2.45, 2.75) is 32.1 Å². The molecule has 100 valence electrons. The van der Waals surface area contributed by atoms with Crippen LogP contribution in [0.25, 0.3) is 0 Å². The van der Waals surface area contributed by atoms with Crippen LogP contribution in [0.1, 0.15) is 43.4 Å². The molecule has 0 bridgehead atoms. The SMILES string of the molecule is CC(CO)c1ccc(C(C)(C)c2ccccc2)cc1. The lowest BCUT2D eigenvalue weighted by Crippen LogP contribution is -2.18. The fourth-order valence-corrected chi connectivity index (χ4v) is 2.36. The summed E-state index contributed by atoms with van der Waals surface area (Å²) in [4.78, 5) is 0. The fourth-order valence-electron chi connectivity index (χ4n) is 2.36. The van der Waals surface area contributed by atoms with E-state index in [0.717, 1.165) is 0 Å². The Balaban J connectivity index is 2.31. The van der Waals surface area contributed by atoms with Crippen LogP contribution in [-0.4, -0.2) is 11.7 Å². The van der Waals surface area contributed by atoms with Crippen LogP contribution in [0.15, 0.2) is 54.6 Å². The number of hydrogen-bond donors (Lipinski definition) is 1. The second kappa shape index (κ2) is 5.58. The lowest BCUT2D eigenvalue weighted by Gasteiger charge is -2.26. The predicted octanol–water partition coefficient (Wildman–Crippen LogP) is 4.11. The summed E-state index contributed by atoms with van der Waals surface area (Å²) in [7, 11) is 0. The van der Waals surface area contributed by atoms with E-state index in [1.165, 1.54) is 16.7 Å². The highest BCUT2D eigenvalue weighted by atomic mass is 16.3. The lowest BCUT2D eigenvalue weighted by molar-refractivity contribution is 0.273. The normalized spacial score (nSPS) is 13.3. The summed E-state index contributed by atoms with van der Waals surface area (Å²) >= 11 is 0. The van der Waals surface area contributed by atoms with Gasteiger partial charge in [-0.2, -0.15) is 0 Å². The smallest absolute Gasteiger partial charge is 0.0497 e. The van der Waals surface area contributed by atoms with E-state index in [0.29, 0.717) is 0 Å². The summed E-state index contributed by atoms with van der Waals surface area (Å²) in [6, 6.07) is 19.2. The highest BCUT2D eigenvalue weighted by Crippen LogP contribution is 2.31. The molecule has 0 aliphatic rings. The molecule has 0 spiro atoms. The highest BCUT2D eigenvalue weighted by molar-refractivity contribution is 5.39. The van der Waals surface area contributed by atoms with Crippen molar-refractivity contribution in [2.24, 2.45) is 0 Å². The maximum atomic E-state index is 9.20. The summed E-state index contributed by atoms with van der Waals surface area (Å²) in [5.74, 6) is 0.203. The van der Waals surface area contributed by atoms with Crippen LogP contribution in [0.4, 0.5) is 0 Å². The third kappa shape index (κ3) is 2.87. The van der Waals surface area contributed by atoms with Gasteiger partial charge in [0.25, 0.3) is 0 Å². The molecule has 0 amide bonds. The molecule has 0 aliphatic heterocycles. The van der Waals surface area contributed by atoms with Crippen molar-refractivity contribution < 1.29 is 5.11 Å². The molecular formula is C18H22O. The first-order valence-corrected chi connectivity index (χ1v) is 6.82. The van der Waals surface area contributed by atoms with Crippen molar-refractivity contribution in [1.82, 2.24) is 0 Å². The van der Waals surface area contributed by atoms with Gasteiger partial charge in [-0.05, 0) is 16.7 Å². The maximum absolute atomic E-state index is 9.20. The molecule has 1 atom stereocenters. The zero-order valence-electron chi connectivity index (χ0n) is 11.9. The minimum Gasteiger partial charge on any atom is -0.396 e. The minimum atomic E-state index is 0.00222. The van der Waals surface area contributed by atoms with Crippen molar-refractivity contribution in [3.05, 3.63) is 71.3 Å². The molecule has 0 fully saturated rings. The Kier molecular flexibility index (Phi) is 4.06. The van der Waals surface area contributed by atoms with Gasteiger partial charge in [-0.1, -0.05) is 75.4 Å². The molecule has 0 aliphatic carbocycles. The Labute approximate surface area is 115 Å². The van der Waals surface area contributed by atoms with Gasteiger partial charge in [0, 0.05) is 17.9 Å². The highest BCUT2D eigenvalue weighted by Gasteiger charge is 2.22. The summed E-state index contributed by atoms with van der Waals surface area (Å²) in [5, 5.41) is 9.20. The van der Waals surface area contributed by atoms with E-state index >= 15 is 0 Å². The van der Waals surface area contributed by atoms with Gasteiger partial charge < -0.3 is 5.11 Å². The number of aliphatic hydroxyl groups excluding tert-OH is 1. The number of aliphatic hydroxyl groups is 1. The third-order valence-corrected chi connectivity index (χ3v) is 3.97. The quantitative estimate of drug-likeness (QED) is 0.870. The molecule has 2 aromatic carbocycles. The van der Waals surface area contributed by atoms with Crippen LogP contribution in [0.2, 0.25) is 0 Å². The molecule has 0 saturated carbocycles. The van der Waals surface area contributed by atoms with Gasteiger partial charge in [0.15, 0.2) is 0 Å². The molecular weight excluding hydrogens is 232 g/mol. The molecule has 1 heteroatoms. The van der Waals surface area contributed by atoms with Crippen LogP contribution in [-0.2, 0) is 5.41 Å².